The molecule has 2 aromatic heterocycles. The van der Waals surface area contributed by atoms with Crippen molar-refractivity contribution in [1.82, 2.24) is 19.5 Å². The molecule has 18 heavy (non-hydrogen) atoms. The number of fused-ring (bicyclic) bond motifs is 1. The first-order valence-electron chi connectivity index (χ1n) is 5.57. The number of imidazole rings is 1. The minimum absolute atomic E-state index is 0.0743. The van der Waals surface area contributed by atoms with Gasteiger partial charge in [0.1, 0.15) is 18.1 Å². The highest BCUT2D eigenvalue weighted by atomic mass is 35.5. The average Bonchev–Trinajstić information content (AvgIpc) is 2.96. The Morgan fingerprint density at radius 2 is 2.22 bits per heavy atom. The Kier molecular flexibility index (Phi) is 3.15. The van der Waals surface area contributed by atoms with Crippen molar-refractivity contribution >= 4 is 22.8 Å². The van der Waals surface area contributed by atoms with Crippen LogP contribution in [0.3, 0.4) is 0 Å². The number of hydrogen-bond donors (Lipinski definition) is 1. The smallest absolute Gasteiger partial charge is 0.166 e. The number of hydrogen-bond acceptors (Lipinski definition) is 5. The lowest BCUT2D eigenvalue weighted by molar-refractivity contribution is 0.00979. The van der Waals surface area contributed by atoms with Gasteiger partial charge in [-0.15, -0.1) is 0 Å². The maximum Gasteiger partial charge on any atom is 0.166 e. The number of aliphatic hydroxyl groups is 1. The van der Waals surface area contributed by atoms with Gasteiger partial charge in [0, 0.05) is 13.0 Å². The number of nitrogens with zero attached hydrogens (tertiary/aromatic N) is 4. The van der Waals surface area contributed by atoms with E-state index in [0.29, 0.717) is 22.7 Å². The largest absolute Gasteiger partial charge is 0.396 e. The SMILES string of the molecule is OCC[C@H]1[CH][CH][C@H](n2cnc3c(Cl)ncnc32)O1. The third-order valence-electron chi connectivity index (χ3n) is 2.81. The summed E-state index contributed by atoms with van der Waals surface area (Å²) in [6, 6.07) is 0. The summed E-state index contributed by atoms with van der Waals surface area (Å²) in [5.74, 6) is 0. The van der Waals surface area contributed by atoms with E-state index < -0.39 is 0 Å². The van der Waals surface area contributed by atoms with E-state index in [1.54, 1.807) is 10.9 Å². The van der Waals surface area contributed by atoms with E-state index in [-0.39, 0.29) is 18.9 Å². The maximum absolute atomic E-state index is 8.88. The molecule has 0 bridgehead atoms. The van der Waals surface area contributed by atoms with Crippen LogP contribution in [0.5, 0.6) is 0 Å². The van der Waals surface area contributed by atoms with Crippen LogP contribution in [-0.2, 0) is 4.74 Å². The molecule has 0 spiro atoms. The van der Waals surface area contributed by atoms with Crippen molar-refractivity contribution in [1.29, 1.82) is 0 Å². The quantitative estimate of drug-likeness (QED) is 0.844. The molecule has 1 fully saturated rings. The van der Waals surface area contributed by atoms with E-state index in [0.717, 1.165) is 0 Å². The fraction of sp³-hybridized carbons (Fsp3) is 0.364. The van der Waals surface area contributed by atoms with Gasteiger partial charge in [0.25, 0.3) is 0 Å². The Balaban J connectivity index is 1.89. The van der Waals surface area contributed by atoms with Crippen LogP contribution in [0.15, 0.2) is 12.7 Å². The van der Waals surface area contributed by atoms with Gasteiger partial charge in [0.05, 0.1) is 12.4 Å². The molecular weight excluding hydrogens is 256 g/mol. The molecule has 0 aliphatic carbocycles. The number of aliphatic hydroxyl groups excluding tert-OH is 1. The fourth-order valence-corrected chi connectivity index (χ4v) is 2.13. The van der Waals surface area contributed by atoms with E-state index in [1.807, 2.05) is 12.8 Å². The van der Waals surface area contributed by atoms with Crippen LogP contribution in [0.2, 0.25) is 5.15 Å². The van der Waals surface area contributed by atoms with E-state index in [2.05, 4.69) is 15.0 Å². The molecule has 2 aromatic rings. The third-order valence-corrected chi connectivity index (χ3v) is 3.08. The summed E-state index contributed by atoms with van der Waals surface area (Å²) in [5.41, 5.74) is 1.19. The lowest BCUT2D eigenvalue weighted by atomic mass is 10.2. The van der Waals surface area contributed by atoms with E-state index >= 15 is 0 Å². The Morgan fingerprint density at radius 1 is 1.33 bits per heavy atom. The normalized spacial score (nSPS) is 23.9. The van der Waals surface area contributed by atoms with Gasteiger partial charge in [-0.1, -0.05) is 11.6 Å². The van der Waals surface area contributed by atoms with Gasteiger partial charge >= 0.3 is 0 Å². The second-order valence-electron chi connectivity index (χ2n) is 3.95. The number of rotatable bonds is 3. The van der Waals surface area contributed by atoms with Crippen molar-refractivity contribution in [2.24, 2.45) is 0 Å². The minimum atomic E-state index is -0.266. The van der Waals surface area contributed by atoms with Crippen molar-refractivity contribution < 1.29 is 9.84 Å². The molecule has 0 aromatic carbocycles. The molecule has 7 heteroatoms. The maximum atomic E-state index is 8.88. The number of aromatic nitrogens is 4. The molecule has 0 unspecified atom stereocenters. The summed E-state index contributed by atoms with van der Waals surface area (Å²) in [4.78, 5) is 12.2. The van der Waals surface area contributed by atoms with Crippen LogP contribution in [0.4, 0.5) is 0 Å². The zero-order valence-corrected chi connectivity index (χ0v) is 10.2. The molecule has 3 heterocycles. The van der Waals surface area contributed by atoms with E-state index in [4.69, 9.17) is 21.4 Å². The van der Waals surface area contributed by atoms with Gasteiger partial charge in [-0.2, -0.15) is 0 Å². The summed E-state index contributed by atoms with van der Waals surface area (Å²) in [6.07, 6.45) is 7.10. The number of halogens is 1. The summed E-state index contributed by atoms with van der Waals surface area (Å²) >= 11 is 5.94. The van der Waals surface area contributed by atoms with Gasteiger partial charge in [0.2, 0.25) is 0 Å². The van der Waals surface area contributed by atoms with Crippen molar-refractivity contribution in [2.45, 2.75) is 18.8 Å². The molecule has 2 atom stereocenters. The van der Waals surface area contributed by atoms with Gasteiger partial charge in [-0.05, 0) is 12.8 Å². The lowest BCUT2D eigenvalue weighted by Crippen LogP contribution is -2.12. The first kappa shape index (κ1) is 11.8. The molecule has 2 radical (unpaired) electrons. The first-order valence-corrected chi connectivity index (χ1v) is 5.95. The van der Waals surface area contributed by atoms with Gasteiger partial charge < -0.3 is 9.84 Å². The summed E-state index contributed by atoms with van der Waals surface area (Å²) < 4.78 is 7.53. The number of ether oxygens (including phenoxy) is 1. The molecule has 6 nitrogen and oxygen atoms in total. The second kappa shape index (κ2) is 4.79. The molecule has 1 saturated heterocycles. The predicted molar refractivity (Wildman–Crippen MR) is 64.5 cm³/mol. The molecule has 0 amide bonds. The zero-order chi connectivity index (χ0) is 12.5. The molecular formula is C11H11ClN4O2. The summed E-state index contributed by atoms with van der Waals surface area (Å²) in [7, 11) is 0. The van der Waals surface area contributed by atoms with Crippen LogP contribution in [0, 0.1) is 12.8 Å². The zero-order valence-electron chi connectivity index (χ0n) is 9.40. The monoisotopic (exact) mass is 266 g/mol. The molecule has 1 aliphatic heterocycles. The van der Waals surface area contributed by atoms with Crippen LogP contribution in [0.25, 0.3) is 11.2 Å². The van der Waals surface area contributed by atoms with Gasteiger partial charge in [0.15, 0.2) is 10.8 Å². The minimum Gasteiger partial charge on any atom is -0.396 e. The second-order valence-corrected chi connectivity index (χ2v) is 4.31. The van der Waals surface area contributed by atoms with Gasteiger partial charge in [-0.25, -0.2) is 15.0 Å². The Bertz CT molecular complexity index is 559. The molecule has 0 saturated carbocycles. The van der Waals surface area contributed by atoms with Crippen LogP contribution in [-0.4, -0.2) is 37.3 Å². The predicted octanol–water partition coefficient (Wildman–Crippen LogP) is 1.17. The Labute approximate surface area is 109 Å². The molecule has 94 valence electrons. The van der Waals surface area contributed by atoms with Crippen LogP contribution < -0.4 is 0 Å². The Morgan fingerprint density at radius 3 is 3.06 bits per heavy atom. The highest BCUT2D eigenvalue weighted by molar-refractivity contribution is 6.33. The van der Waals surface area contributed by atoms with Crippen molar-refractivity contribution in [3.63, 3.8) is 0 Å². The molecule has 3 rings (SSSR count). The first-order chi connectivity index (χ1) is 8.79. The van der Waals surface area contributed by atoms with E-state index in [9.17, 15) is 0 Å². The highest BCUT2D eigenvalue weighted by Crippen LogP contribution is 2.30. The summed E-state index contributed by atoms with van der Waals surface area (Å²) in [5, 5.41) is 9.21. The van der Waals surface area contributed by atoms with Gasteiger partial charge in [-0.3, -0.25) is 4.57 Å². The lowest BCUT2D eigenvalue weighted by Gasteiger charge is -2.14. The third kappa shape index (κ3) is 1.96. The van der Waals surface area contributed by atoms with Crippen molar-refractivity contribution in [3.05, 3.63) is 30.6 Å². The van der Waals surface area contributed by atoms with Crippen LogP contribution in [0.1, 0.15) is 12.6 Å². The highest BCUT2D eigenvalue weighted by Gasteiger charge is 2.28. The van der Waals surface area contributed by atoms with Crippen LogP contribution >= 0.6 is 11.6 Å². The molecule has 1 N–H and O–H groups in total. The molecule has 1 aliphatic rings. The fourth-order valence-electron chi connectivity index (χ4n) is 1.95. The standard InChI is InChI=1S/C11H11ClN4O2/c12-10-9-11(14-5-13-10)16(6-15-9)8-2-1-7(18-8)3-4-17/h1-2,5-8,17H,3-4H2/t7-,8-/m1/s1. The van der Waals surface area contributed by atoms with Crippen molar-refractivity contribution in [2.75, 3.05) is 6.61 Å². The Hall–Kier alpha value is -1.24. The topological polar surface area (TPSA) is 73.1 Å². The average molecular weight is 267 g/mol. The van der Waals surface area contributed by atoms with E-state index in [1.165, 1.54) is 6.33 Å². The summed E-state index contributed by atoms with van der Waals surface area (Å²) in [6.45, 7) is 0.0976. The van der Waals surface area contributed by atoms with Crippen molar-refractivity contribution in [3.8, 4) is 0 Å².